The van der Waals surface area contributed by atoms with Gasteiger partial charge in [-0.2, -0.15) is 9.30 Å². The molecule has 1 aliphatic carbocycles. The number of benzene rings is 2. The standard InChI is InChI=1S/C19H18ClN3O3S2/c1-22-16-10-5-13(20)11-17(16)27-19(22)21-18(24)12-3-8-15(9-4-12)28(25,26)23(2)14-6-7-14/h3-5,8-11,14H,6-7H2,1-2H3. The number of thiazole rings is 1. The number of aromatic nitrogens is 1. The summed E-state index contributed by atoms with van der Waals surface area (Å²) in [5.41, 5.74) is 1.27. The van der Waals surface area contributed by atoms with Crippen molar-refractivity contribution in [3.63, 3.8) is 0 Å². The quantitative estimate of drug-likeness (QED) is 0.630. The molecule has 0 saturated heterocycles. The predicted octanol–water partition coefficient (Wildman–Crippen LogP) is 3.42. The minimum absolute atomic E-state index is 0.0859. The van der Waals surface area contributed by atoms with Crippen molar-refractivity contribution >= 4 is 49.1 Å². The van der Waals surface area contributed by atoms with Crippen molar-refractivity contribution in [3.8, 4) is 0 Å². The van der Waals surface area contributed by atoms with Gasteiger partial charge in [-0.3, -0.25) is 4.79 Å². The summed E-state index contributed by atoms with van der Waals surface area (Å²) in [7, 11) is -0.100. The zero-order valence-electron chi connectivity index (χ0n) is 15.3. The molecule has 0 spiro atoms. The van der Waals surface area contributed by atoms with Gasteiger partial charge in [0.05, 0.1) is 15.1 Å². The van der Waals surface area contributed by atoms with Crippen LogP contribution in [0.2, 0.25) is 5.02 Å². The third-order valence-electron chi connectivity index (χ3n) is 4.81. The Balaban J connectivity index is 1.64. The third-order valence-corrected chi connectivity index (χ3v) is 8.06. The molecule has 0 N–H and O–H groups in total. The zero-order chi connectivity index (χ0) is 20.1. The number of nitrogens with zero attached hydrogens (tertiary/aromatic N) is 3. The summed E-state index contributed by atoms with van der Waals surface area (Å²) in [5.74, 6) is -0.423. The molecular formula is C19H18ClN3O3S2. The maximum Gasteiger partial charge on any atom is 0.279 e. The van der Waals surface area contributed by atoms with E-state index in [9.17, 15) is 13.2 Å². The highest BCUT2D eigenvalue weighted by Crippen LogP contribution is 2.30. The van der Waals surface area contributed by atoms with E-state index in [1.165, 1.54) is 39.9 Å². The smallest absolute Gasteiger partial charge is 0.279 e. The summed E-state index contributed by atoms with van der Waals surface area (Å²) < 4.78 is 29.3. The second-order valence-electron chi connectivity index (χ2n) is 6.75. The van der Waals surface area contributed by atoms with Crippen LogP contribution < -0.4 is 4.80 Å². The summed E-state index contributed by atoms with van der Waals surface area (Å²) in [6, 6.07) is 11.5. The highest BCUT2D eigenvalue weighted by molar-refractivity contribution is 7.89. The Morgan fingerprint density at radius 1 is 1.21 bits per heavy atom. The minimum Gasteiger partial charge on any atom is -0.319 e. The normalized spacial score (nSPS) is 15.5. The SMILES string of the molecule is CN(C1CC1)S(=O)(=O)c1ccc(C(=O)N=c2sc3cc(Cl)ccc3n2C)cc1. The number of halogens is 1. The average Bonchev–Trinajstić information content (AvgIpc) is 3.47. The summed E-state index contributed by atoms with van der Waals surface area (Å²) in [4.78, 5) is 17.5. The first-order valence-electron chi connectivity index (χ1n) is 8.69. The first-order valence-corrected chi connectivity index (χ1v) is 11.3. The second-order valence-corrected chi connectivity index (χ2v) is 10.2. The molecule has 1 heterocycles. The maximum atomic E-state index is 12.6. The molecular weight excluding hydrogens is 418 g/mol. The predicted molar refractivity (Wildman–Crippen MR) is 110 cm³/mol. The molecule has 2 aromatic carbocycles. The van der Waals surface area contributed by atoms with Gasteiger partial charge in [0.25, 0.3) is 5.91 Å². The van der Waals surface area contributed by atoms with Gasteiger partial charge in [0.2, 0.25) is 10.0 Å². The van der Waals surface area contributed by atoms with Gasteiger partial charge < -0.3 is 4.57 Å². The molecule has 146 valence electrons. The van der Waals surface area contributed by atoms with Crippen molar-refractivity contribution in [1.82, 2.24) is 8.87 Å². The number of hydrogen-bond acceptors (Lipinski definition) is 4. The van der Waals surface area contributed by atoms with Gasteiger partial charge in [-0.1, -0.05) is 22.9 Å². The van der Waals surface area contributed by atoms with E-state index < -0.39 is 15.9 Å². The van der Waals surface area contributed by atoms with E-state index in [0.29, 0.717) is 15.4 Å². The van der Waals surface area contributed by atoms with E-state index in [2.05, 4.69) is 4.99 Å². The number of aryl methyl sites for hydroxylation is 1. The Kier molecular flexibility index (Phi) is 4.91. The van der Waals surface area contributed by atoms with Crippen LogP contribution in [0.25, 0.3) is 10.2 Å². The molecule has 0 atom stereocenters. The molecule has 0 radical (unpaired) electrons. The van der Waals surface area contributed by atoms with E-state index in [4.69, 9.17) is 11.6 Å². The molecule has 9 heteroatoms. The number of sulfonamides is 1. The largest absolute Gasteiger partial charge is 0.319 e. The fourth-order valence-corrected chi connectivity index (χ4v) is 5.64. The lowest BCUT2D eigenvalue weighted by Crippen LogP contribution is -2.28. The monoisotopic (exact) mass is 435 g/mol. The van der Waals surface area contributed by atoms with E-state index in [1.807, 2.05) is 23.7 Å². The van der Waals surface area contributed by atoms with Crippen LogP contribution in [-0.4, -0.2) is 36.3 Å². The molecule has 3 aromatic rings. The maximum absolute atomic E-state index is 12.6. The molecule has 4 rings (SSSR count). The molecule has 28 heavy (non-hydrogen) atoms. The Labute approximate surface area is 171 Å². The van der Waals surface area contributed by atoms with Crippen LogP contribution in [0.15, 0.2) is 52.4 Å². The molecule has 1 aromatic heterocycles. The van der Waals surface area contributed by atoms with Crippen LogP contribution in [0.3, 0.4) is 0 Å². The number of hydrogen-bond donors (Lipinski definition) is 0. The van der Waals surface area contributed by atoms with Crippen LogP contribution in [0.4, 0.5) is 0 Å². The second kappa shape index (κ2) is 7.11. The van der Waals surface area contributed by atoms with Crippen molar-refractivity contribution in [2.24, 2.45) is 12.0 Å². The fraction of sp³-hybridized carbons (Fsp3) is 0.263. The Bertz CT molecular complexity index is 1240. The van der Waals surface area contributed by atoms with Crippen LogP contribution in [0, 0.1) is 0 Å². The molecule has 0 unspecified atom stereocenters. The molecule has 6 nitrogen and oxygen atoms in total. The molecule has 1 saturated carbocycles. The molecule has 1 fully saturated rings. The molecule has 1 aliphatic rings. The summed E-state index contributed by atoms with van der Waals surface area (Å²) in [6.45, 7) is 0. The van der Waals surface area contributed by atoms with Gasteiger partial charge in [-0.25, -0.2) is 8.42 Å². The van der Waals surface area contributed by atoms with E-state index >= 15 is 0 Å². The van der Waals surface area contributed by atoms with Gasteiger partial charge in [0.15, 0.2) is 4.80 Å². The number of amides is 1. The lowest BCUT2D eigenvalue weighted by atomic mass is 10.2. The van der Waals surface area contributed by atoms with Gasteiger partial charge in [-0.05, 0) is 55.3 Å². The summed E-state index contributed by atoms with van der Waals surface area (Å²) in [5, 5.41) is 0.625. The van der Waals surface area contributed by atoms with Gasteiger partial charge >= 0.3 is 0 Å². The first-order chi connectivity index (χ1) is 13.3. The molecule has 0 aliphatic heterocycles. The first kappa shape index (κ1) is 19.3. The molecule has 1 amide bonds. The lowest BCUT2D eigenvalue weighted by Gasteiger charge is -2.16. The van der Waals surface area contributed by atoms with Crippen molar-refractivity contribution in [2.45, 2.75) is 23.8 Å². The Morgan fingerprint density at radius 2 is 1.89 bits per heavy atom. The summed E-state index contributed by atoms with van der Waals surface area (Å²) >= 11 is 7.40. The number of rotatable bonds is 4. The zero-order valence-corrected chi connectivity index (χ0v) is 17.7. The van der Waals surface area contributed by atoms with Crippen molar-refractivity contribution in [2.75, 3.05) is 7.05 Å². The van der Waals surface area contributed by atoms with Crippen LogP contribution >= 0.6 is 22.9 Å². The number of fused-ring (bicyclic) bond motifs is 1. The van der Waals surface area contributed by atoms with Crippen LogP contribution in [-0.2, 0) is 17.1 Å². The van der Waals surface area contributed by atoms with Crippen LogP contribution in [0.5, 0.6) is 0 Å². The minimum atomic E-state index is -3.53. The highest BCUT2D eigenvalue weighted by atomic mass is 35.5. The highest BCUT2D eigenvalue weighted by Gasteiger charge is 2.34. The molecule has 0 bridgehead atoms. The Hall–Kier alpha value is -2.00. The average molecular weight is 436 g/mol. The van der Waals surface area contributed by atoms with Crippen molar-refractivity contribution in [1.29, 1.82) is 0 Å². The van der Waals surface area contributed by atoms with Gasteiger partial charge in [-0.15, -0.1) is 0 Å². The third kappa shape index (κ3) is 3.53. The Morgan fingerprint density at radius 3 is 2.54 bits per heavy atom. The topological polar surface area (TPSA) is 71.7 Å². The summed E-state index contributed by atoms with van der Waals surface area (Å²) in [6.07, 6.45) is 1.78. The van der Waals surface area contributed by atoms with Gasteiger partial charge in [0.1, 0.15) is 0 Å². The number of carbonyl (C=O) groups is 1. The number of carbonyl (C=O) groups excluding carboxylic acids is 1. The fourth-order valence-electron chi connectivity index (χ4n) is 2.94. The lowest BCUT2D eigenvalue weighted by molar-refractivity contribution is 0.0998. The van der Waals surface area contributed by atoms with E-state index in [-0.39, 0.29) is 10.9 Å². The van der Waals surface area contributed by atoms with Gasteiger partial charge in [0, 0.05) is 30.7 Å². The van der Waals surface area contributed by atoms with Crippen LogP contribution in [0.1, 0.15) is 23.2 Å². The van der Waals surface area contributed by atoms with E-state index in [0.717, 1.165) is 23.1 Å². The van der Waals surface area contributed by atoms with Crippen molar-refractivity contribution in [3.05, 3.63) is 57.9 Å². The van der Waals surface area contributed by atoms with E-state index in [1.54, 1.807) is 13.1 Å². The van der Waals surface area contributed by atoms with Crippen molar-refractivity contribution < 1.29 is 13.2 Å².